The van der Waals surface area contributed by atoms with Gasteiger partial charge >= 0.3 is 59.8 Å². The molecule has 0 aliphatic carbocycles. The molecule has 3 aliphatic rings. The molecule has 0 atom stereocenters. The van der Waals surface area contributed by atoms with E-state index in [9.17, 15) is 0 Å². The molecule has 11 heavy (non-hydrogen) atoms. The van der Waals surface area contributed by atoms with Crippen molar-refractivity contribution in [3.63, 3.8) is 0 Å². The molecule has 0 amide bonds. The van der Waals surface area contributed by atoms with Gasteiger partial charge in [-0.05, 0) is 6.42 Å². The van der Waals surface area contributed by atoms with Gasteiger partial charge in [-0.2, -0.15) is 0 Å². The van der Waals surface area contributed by atoms with Crippen molar-refractivity contribution in [3.8, 4) is 0 Å². The van der Waals surface area contributed by atoms with Gasteiger partial charge in [-0.25, -0.2) is 0 Å². The molecule has 0 aromatic carbocycles. The first-order valence-corrected chi connectivity index (χ1v) is 10.2. The van der Waals surface area contributed by atoms with Crippen molar-refractivity contribution in [1.82, 2.24) is 6.61 Å². The van der Waals surface area contributed by atoms with Gasteiger partial charge in [0.05, 0.1) is 0 Å². The van der Waals surface area contributed by atoms with Crippen LogP contribution in [-0.4, -0.2) is 13.3 Å². The number of rotatable bonds is 1. The Bertz CT molecular complexity index is 140. The van der Waals surface area contributed by atoms with Crippen LogP contribution in [-0.2, 0) is 15.1 Å². The van der Waals surface area contributed by atoms with Crippen LogP contribution in [0.4, 0.5) is 0 Å². The van der Waals surface area contributed by atoms with Crippen LogP contribution in [0.25, 0.3) is 0 Å². The van der Waals surface area contributed by atoms with Gasteiger partial charge in [0.1, 0.15) is 0 Å². The predicted molar refractivity (Wildman–Crippen MR) is 60.3 cm³/mol. The number of hydrogen-bond donors (Lipinski definition) is 0. The quantitative estimate of drug-likeness (QED) is 0.429. The normalized spacial score (nSPS) is 21.2. The van der Waals surface area contributed by atoms with Gasteiger partial charge in [-0.3, -0.25) is 0 Å². The second kappa shape index (κ2) is 5.31. The molecule has 2 bridgehead atoms. The zero-order chi connectivity index (χ0) is 8.27. The summed E-state index contributed by atoms with van der Waals surface area (Å²) in [5, 5.41) is 0. The fraction of sp³-hybridized carbons (Fsp3) is 0.500. The predicted octanol–water partition coefficient (Wildman–Crippen LogP) is 2.84. The minimum absolute atomic E-state index is 0.224. The Labute approximate surface area is 98.8 Å². The third-order valence-electron chi connectivity index (χ3n) is 1.06. The molecular formula is C6H10AgI2N2. The van der Waals surface area contributed by atoms with Gasteiger partial charge in [-0.1, -0.05) is 29.5 Å². The third kappa shape index (κ3) is 2.75. The molecule has 3 heterocycles. The summed E-state index contributed by atoms with van der Waals surface area (Å²) in [6.45, 7) is 3.28. The fourth-order valence-corrected chi connectivity index (χ4v) is 4.29. The first-order valence-electron chi connectivity index (χ1n) is 3.20. The first-order chi connectivity index (χ1) is 5.29. The van der Waals surface area contributed by atoms with Gasteiger partial charge in [0, 0.05) is 4.43 Å². The van der Waals surface area contributed by atoms with E-state index in [0.29, 0.717) is 0 Å². The molecule has 0 unspecified atom stereocenters. The topological polar surface area (TPSA) is 6.48 Å². The molecule has 1 radical (unpaired) electrons. The van der Waals surface area contributed by atoms with E-state index in [1.54, 1.807) is 0 Å². The second-order valence-corrected chi connectivity index (χ2v) is 8.70. The molecule has 0 N–H and O–H groups in total. The van der Waals surface area contributed by atoms with Crippen molar-refractivity contribution in [1.29, 1.82) is 0 Å². The van der Waals surface area contributed by atoms with Crippen LogP contribution in [0.2, 0.25) is 0 Å². The van der Waals surface area contributed by atoms with E-state index >= 15 is 0 Å². The van der Waals surface area contributed by atoms with Crippen molar-refractivity contribution in [2.45, 2.75) is 13.3 Å². The average molecular weight is 472 g/mol. The van der Waals surface area contributed by atoms with Crippen LogP contribution >= 0.6 is 41.6 Å². The van der Waals surface area contributed by atoms with Crippen LogP contribution in [0.5, 0.6) is 0 Å². The van der Waals surface area contributed by atoms with E-state index in [-0.39, 0.29) is 15.1 Å². The van der Waals surface area contributed by atoms with Crippen LogP contribution in [0, 0.1) is 4.43 Å². The Morgan fingerprint density at radius 3 is 2.09 bits per heavy atom. The molecule has 5 heteroatoms. The molecule has 69 valence electrons. The van der Waals surface area contributed by atoms with Crippen molar-refractivity contribution in [2.75, 3.05) is 6.67 Å². The first kappa shape index (κ1) is 10.6. The maximum atomic E-state index is 2.50. The third-order valence-corrected chi connectivity index (χ3v) is 8.62. The summed E-state index contributed by atoms with van der Waals surface area (Å²) in [5.74, 6) is 0. The summed E-state index contributed by atoms with van der Waals surface area (Å²) in [7, 11) is 0. The summed E-state index contributed by atoms with van der Waals surface area (Å²) in [5.41, 5.74) is 0. The Morgan fingerprint density at radius 1 is 1.55 bits per heavy atom. The number of nitrogens with zero attached hydrogens (tertiary/aromatic N) is 2. The zero-order valence-electron chi connectivity index (χ0n) is 6.10. The van der Waals surface area contributed by atoms with Crippen molar-refractivity contribution in [2.24, 2.45) is 0 Å². The van der Waals surface area contributed by atoms with Gasteiger partial charge < -0.3 is 0 Å². The summed E-state index contributed by atoms with van der Waals surface area (Å²) < 4.78 is 6.86. The Morgan fingerprint density at radius 2 is 2.00 bits per heavy atom. The Hall–Kier alpha value is 1.54. The van der Waals surface area contributed by atoms with Crippen LogP contribution < -0.4 is 0 Å². The summed E-state index contributed by atoms with van der Waals surface area (Å²) in [6, 6.07) is 0. The van der Waals surface area contributed by atoms with Gasteiger partial charge in [0.2, 0.25) is 0 Å². The molecule has 0 aromatic heterocycles. The molecule has 3 aliphatic heterocycles. The van der Waals surface area contributed by atoms with E-state index in [4.69, 9.17) is 0 Å². The molecular weight excluding hydrogens is 462 g/mol. The average Bonchev–Trinajstić information content (AvgIpc) is 2.64. The molecule has 1 fully saturated rings. The van der Waals surface area contributed by atoms with E-state index in [1.807, 2.05) is 0 Å². The Kier molecular flexibility index (Phi) is 5.13. The number of halogens is 2. The van der Waals surface area contributed by atoms with E-state index in [0.717, 1.165) is 6.67 Å². The van der Waals surface area contributed by atoms with Crippen LogP contribution in [0.1, 0.15) is 13.3 Å². The van der Waals surface area contributed by atoms with Crippen LogP contribution in [0.15, 0.2) is 12.4 Å². The summed E-state index contributed by atoms with van der Waals surface area (Å²) in [6.07, 6.45) is 5.52. The molecule has 0 spiro atoms. The van der Waals surface area contributed by atoms with E-state index < -0.39 is 0 Å². The fourth-order valence-electron chi connectivity index (χ4n) is 0.544. The Balaban J connectivity index is 0.000000134. The standard InChI is InChI=1S/C3H6I.C3H4N2.Ag.HI/c1-2-3-4;1-2-5-3-4-1;;/h3H,2H2,1H3;1-2H,3H2;;1H/q;-2;+3;/p-1. The van der Waals surface area contributed by atoms with Crippen molar-refractivity contribution >= 4 is 41.6 Å². The second-order valence-electron chi connectivity index (χ2n) is 1.88. The minimum atomic E-state index is -0.224. The molecule has 3 rings (SSSR count). The molecule has 0 aromatic rings. The SMILES string of the molecule is CC[CH]I.[I][Ag]1[N]2C=C[N]1C2. The molecule has 2 nitrogen and oxygen atoms in total. The summed E-state index contributed by atoms with van der Waals surface area (Å²) >= 11 is 4.50. The van der Waals surface area contributed by atoms with E-state index in [1.165, 1.54) is 6.42 Å². The van der Waals surface area contributed by atoms with Crippen molar-refractivity contribution in [3.05, 3.63) is 16.8 Å². The number of hydrogen-bond acceptors (Lipinski definition) is 2. The van der Waals surface area contributed by atoms with Crippen molar-refractivity contribution < 1.29 is 15.1 Å². The zero-order valence-corrected chi connectivity index (χ0v) is 11.9. The van der Waals surface area contributed by atoms with Gasteiger partial charge in [0.15, 0.2) is 0 Å². The van der Waals surface area contributed by atoms with Crippen LogP contribution in [0.3, 0.4) is 0 Å². The summed E-state index contributed by atoms with van der Waals surface area (Å²) in [4.78, 5) is 0. The molecule has 0 saturated carbocycles. The van der Waals surface area contributed by atoms with E-state index in [2.05, 4.69) is 72.0 Å². The molecule has 1 saturated heterocycles. The monoisotopic (exact) mass is 471 g/mol. The maximum absolute atomic E-state index is 2.50. The van der Waals surface area contributed by atoms with Gasteiger partial charge in [0.25, 0.3) is 0 Å². The van der Waals surface area contributed by atoms with Gasteiger partial charge in [-0.15, -0.1) is 0 Å².